The minimum atomic E-state index is -4.22. The number of rotatable bonds is 10. The Bertz CT molecular complexity index is 1080. The van der Waals surface area contributed by atoms with E-state index in [4.69, 9.17) is 16.5 Å². The Labute approximate surface area is 222 Å². The first kappa shape index (κ1) is 30.2. The van der Waals surface area contributed by atoms with Crippen LogP contribution in [0.4, 0.5) is 0 Å². The molecule has 0 saturated carbocycles. The molecule has 2 amide bonds. The maximum absolute atomic E-state index is 13.7. The molecule has 200 valence electrons. The number of hydroxylamine groups is 1. The molecule has 1 aliphatic heterocycles. The van der Waals surface area contributed by atoms with Crippen LogP contribution in [0.1, 0.15) is 27.2 Å². The van der Waals surface area contributed by atoms with E-state index in [1.165, 1.54) is 36.0 Å². The predicted molar refractivity (Wildman–Crippen MR) is 139 cm³/mol. The maximum atomic E-state index is 13.7. The van der Waals surface area contributed by atoms with Crippen LogP contribution >= 0.6 is 23.5 Å². The van der Waals surface area contributed by atoms with Crippen molar-refractivity contribution < 1.29 is 28.0 Å². The molecule has 2 atom stereocenters. The number of thioether (sulfide) groups is 1. The lowest BCUT2D eigenvalue weighted by atomic mass is 10.0. The first-order chi connectivity index (χ1) is 16.8. The zero-order valence-corrected chi connectivity index (χ0v) is 23.4. The second-order valence-electron chi connectivity index (χ2n) is 8.96. The van der Waals surface area contributed by atoms with E-state index in [0.29, 0.717) is 18.8 Å². The molecule has 0 unspecified atom stereocenters. The van der Waals surface area contributed by atoms with Gasteiger partial charge in [0.15, 0.2) is 0 Å². The summed E-state index contributed by atoms with van der Waals surface area (Å²) < 4.78 is 32.8. The lowest BCUT2D eigenvalue weighted by Gasteiger charge is -2.47. The van der Waals surface area contributed by atoms with E-state index in [-0.39, 0.29) is 35.0 Å². The number of carbonyl (C=O) groups is 2. The second-order valence-corrected chi connectivity index (χ2v) is 13.1. The molecule has 1 aliphatic rings. The number of hydrogen-bond acceptors (Lipinski definition) is 8. The van der Waals surface area contributed by atoms with Crippen LogP contribution in [0.25, 0.3) is 0 Å². The van der Waals surface area contributed by atoms with Crippen molar-refractivity contribution in [3.8, 4) is 17.6 Å². The highest BCUT2D eigenvalue weighted by atomic mass is 35.5. The highest BCUT2D eigenvalue weighted by Gasteiger charge is 2.52. The Hall–Kier alpha value is -2.01. The average molecular weight is 561 g/mol. The molecule has 1 aromatic rings. The number of nitrogens with zero attached hydrogens (tertiary/aromatic N) is 3. The molecular formula is C23H33ClN4O6S2. The SMILES string of the molecule is CC#CCOc1ccc(S(=O)(=O)N2C[C@H](CC(=O)NCCN(C)C)SC(C)(C)[C@@H]2C(=O)N(O)Cl)cc1. The van der Waals surface area contributed by atoms with Gasteiger partial charge < -0.3 is 15.0 Å². The monoisotopic (exact) mass is 560 g/mol. The van der Waals surface area contributed by atoms with Crippen molar-refractivity contribution in [1.82, 2.24) is 19.1 Å². The molecular weight excluding hydrogens is 528 g/mol. The summed E-state index contributed by atoms with van der Waals surface area (Å²) in [6.07, 6.45) is 0.0589. The zero-order chi connectivity index (χ0) is 27.1. The average Bonchev–Trinajstić information content (AvgIpc) is 2.78. The zero-order valence-electron chi connectivity index (χ0n) is 21.0. The van der Waals surface area contributed by atoms with E-state index in [9.17, 15) is 23.2 Å². The smallest absolute Gasteiger partial charge is 0.281 e. The van der Waals surface area contributed by atoms with Gasteiger partial charge in [-0.2, -0.15) is 4.31 Å². The molecule has 0 spiro atoms. The summed E-state index contributed by atoms with van der Waals surface area (Å²) in [4.78, 5) is 27.2. The Balaban J connectivity index is 2.34. The fourth-order valence-corrected chi connectivity index (χ4v) is 7.48. The van der Waals surface area contributed by atoms with Gasteiger partial charge >= 0.3 is 0 Å². The molecule has 1 aromatic carbocycles. The summed E-state index contributed by atoms with van der Waals surface area (Å²) in [6.45, 7) is 6.22. The molecule has 2 N–H and O–H groups in total. The summed E-state index contributed by atoms with van der Waals surface area (Å²) in [5.74, 6) is 4.70. The van der Waals surface area contributed by atoms with Crippen molar-refractivity contribution in [2.24, 2.45) is 0 Å². The van der Waals surface area contributed by atoms with E-state index in [2.05, 4.69) is 17.2 Å². The normalized spacial score (nSPS) is 19.8. The van der Waals surface area contributed by atoms with Gasteiger partial charge in [0.25, 0.3) is 5.91 Å². The van der Waals surface area contributed by atoms with Gasteiger partial charge in [-0.1, -0.05) is 5.92 Å². The Morgan fingerprint density at radius 1 is 1.31 bits per heavy atom. The number of halogens is 1. The summed E-state index contributed by atoms with van der Waals surface area (Å²) in [6, 6.07) is 4.45. The second kappa shape index (κ2) is 13.0. The first-order valence-electron chi connectivity index (χ1n) is 11.2. The number of ether oxygens (including phenoxy) is 1. The number of sulfonamides is 1. The quantitative estimate of drug-likeness (QED) is 0.192. The third-order valence-electron chi connectivity index (χ3n) is 5.43. The lowest BCUT2D eigenvalue weighted by Crippen LogP contribution is -2.62. The van der Waals surface area contributed by atoms with E-state index in [1.807, 2.05) is 19.0 Å². The van der Waals surface area contributed by atoms with E-state index in [1.54, 1.807) is 20.8 Å². The van der Waals surface area contributed by atoms with Crippen molar-refractivity contribution in [2.45, 2.75) is 48.1 Å². The van der Waals surface area contributed by atoms with Gasteiger partial charge in [0.1, 0.15) is 18.4 Å². The third-order valence-corrected chi connectivity index (χ3v) is 8.92. The van der Waals surface area contributed by atoms with Gasteiger partial charge in [-0.15, -0.1) is 22.3 Å². The summed E-state index contributed by atoms with van der Waals surface area (Å²) >= 11 is 6.86. The lowest BCUT2D eigenvalue weighted by molar-refractivity contribution is -0.151. The maximum Gasteiger partial charge on any atom is 0.281 e. The van der Waals surface area contributed by atoms with Crippen LogP contribution in [-0.4, -0.2) is 95.6 Å². The summed E-state index contributed by atoms with van der Waals surface area (Å²) in [7, 11) is -0.431. The molecule has 0 bridgehead atoms. The number of likely N-dealkylation sites (N-methyl/N-ethyl adjacent to an activating group) is 1. The van der Waals surface area contributed by atoms with Crippen LogP contribution in [-0.2, 0) is 19.6 Å². The highest BCUT2D eigenvalue weighted by Crippen LogP contribution is 2.43. The van der Waals surface area contributed by atoms with Crippen molar-refractivity contribution in [1.29, 1.82) is 0 Å². The van der Waals surface area contributed by atoms with Crippen LogP contribution in [0.2, 0.25) is 0 Å². The van der Waals surface area contributed by atoms with Gasteiger partial charge in [0.2, 0.25) is 15.9 Å². The molecule has 10 nitrogen and oxygen atoms in total. The molecule has 1 heterocycles. The highest BCUT2D eigenvalue weighted by molar-refractivity contribution is 8.01. The first-order valence-corrected chi connectivity index (χ1v) is 13.9. The molecule has 36 heavy (non-hydrogen) atoms. The molecule has 1 saturated heterocycles. The molecule has 13 heteroatoms. The minimum absolute atomic E-state index is 0.0589. The molecule has 0 aromatic heterocycles. The fourth-order valence-electron chi connectivity index (χ4n) is 3.78. The number of benzene rings is 1. The molecule has 0 radical (unpaired) electrons. The summed E-state index contributed by atoms with van der Waals surface area (Å²) in [5.41, 5.74) is 0. The fraction of sp³-hybridized carbons (Fsp3) is 0.565. The molecule has 0 aliphatic carbocycles. The Morgan fingerprint density at radius 2 is 1.94 bits per heavy atom. The van der Waals surface area contributed by atoms with E-state index < -0.39 is 32.0 Å². The van der Waals surface area contributed by atoms with Gasteiger partial charge in [-0.3, -0.25) is 14.8 Å². The topological polar surface area (TPSA) is 119 Å². The number of nitrogens with one attached hydrogen (secondary N) is 1. The largest absolute Gasteiger partial charge is 0.481 e. The number of hydrogen-bond donors (Lipinski definition) is 2. The predicted octanol–water partition coefficient (Wildman–Crippen LogP) is 1.78. The van der Waals surface area contributed by atoms with Crippen LogP contribution < -0.4 is 10.1 Å². The minimum Gasteiger partial charge on any atom is -0.481 e. The van der Waals surface area contributed by atoms with Crippen molar-refractivity contribution in [2.75, 3.05) is 40.3 Å². The summed E-state index contributed by atoms with van der Waals surface area (Å²) in [5, 5.41) is 12.1. The van der Waals surface area contributed by atoms with E-state index in [0.717, 1.165) is 4.31 Å². The van der Waals surface area contributed by atoms with Crippen molar-refractivity contribution in [3.05, 3.63) is 24.3 Å². The Morgan fingerprint density at radius 3 is 2.50 bits per heavy atom. The molecule has 2 rings (SSSR count). The van der Waals surface area contributed by atoms with Gasteiger partial charge in [-0.05, 0) is 59.1 Å². The van der Waals surface area contributed by atoms with Gasteiger partial charge in [0.05, 0.1) is 4.90 Å². The van der Waals surface area contributed by atoms with Crippen molar-refractivity contribution in [3.63, 3.8) is 0 Å². The number of carbonyl (C=O) groups excluding carboxylic acids is 2. The standard InChI is InChI=1S/C23H33ClN4O6S2/c1-6-7-14-34-17-8-10-19(11-9-17)36(32,33)27-16-18(15-20(29)25-12-13-26(4)5)35-23(2,3)21(27)22(30)28(24)31/h8-11,18,21,31H,12-16H2,1-5H3,(H,25,29)/t18-,21-/m0/s1. The van der Waals surface area contributed by atoms with Crippen LogP contribution in [0.15, 0.2) is 29.2 Å². The molecule has 1 fully saturated rings. The van der Waals surface area contributed by atoms with Gasteiger partial charge in [-0.25, -0.2) is 8.42 Å². The van der Waals surface area contributed by atoms with Crippen LogP contribution in [0, 0.1) is 11.8 Å². The van der Waals surface area contributed by atoms with Crippen molar-refractivity contribution >= 4 is 45.4 Å². The van der Waals surface area contributed by atoms with E-state index >= 15 is 0 Å². The van der Waals surface area contributed by atoms with Crippen LogP contribution in [0.3, 0.4) is 0 Å². The third kappa shape index (κ3) is 7.99. The van der Waals surface area contributed by atoms with Gasteiger partial charge in [0, 0.05) is 47.8 Å². The van der Waals surface area contributed by atoms with Crippen LogP contribution in [0.5, 0.6) is 5.75 Å². The number of amides is 2. The Kier molecular flexibility index (Phi) is 10.9.